The minimum atomic E-state index is -0.0726. The second kappa shape index (κ2) is 6.19. The average molecular weight is 241 g/mol. The summed E-state index contributed by atoms with van der Waals surface area (Å²) in [5.74, 6) is 0.931. The molecule has 96 valence electrons. The van der Waals surface area contributed by atoms with E-state index in [0.29, 0.717) is 18.4 Å². The van der Waals surface area contributed by atoms with Gasteiger partial charge in [-0.15, -0.1) is 0 Å². The Bertz CT molecular complexity index is 361. The van der Waals surface area contributed by atoms with E-state index in [1.54, 1.807) is 4.90 Å². The van der Waals surface area contributed by atoms with Crippen LogP contribution in [0.5, 0.6) is 6.01 Å². The Morgan fingerprint density at radius 3 is 2.65 bits per heavy atom. The lowest BCUT2D eigenvalue weighted by molar-refractivity contribution is 0.269. The smallest absolute Gasteiger partial charge is 0.322 e. The van der Waals surface area contributed by atoms with Gasteiger partial charge in [-0.05, 0) is 13.8 Å². The molecule has 7 nitrogen and oxygen atoms in total. The number of hydrogen-bond donors (Lipinski definition) is 2. The maximum Gasteiger partial charge on any atom is 0.322 e. The fourth-order valence-corrected chi connectivity index (χ4v) is 1.15. The van der Waals surface area contributed by atoms with Crippen LogP contribution in [0.2, 0.25) is 0 Å². The number of aliphatic hydroxyl groups is 1. The number of methoxy groups -OCH3 is 1. The number of aromatic nitrogens is 3. The molecule has 0 bridgehead atoms. The van der Waals surface area contributed by atoms with E-state index in [4.69, 9.17) is 9.84 Å². The highest BCUT2D eigenvalue weighted by atomic mass is 16.5. The molecule has 7 heteroatoms. The maximum atomic E-state index is 9.11. The molecular formula is C10H19N5O2. The lowest BCUT2D eigenvalue weighted by atomic mass is 10.3. The molecule has 1 atom stereocenters. The van der Waals surface area contributed by atoms with E-state index in [1.807, 2.05) is 20.9 Å². The second-order valence-electron chi connectivity index (χ2n) is 3.62. The lowest BCUT2D eigenvalue weighted by Crippen LogP contribution is -2.33. The number of hydrogen-bond acceptors (Lipinski definition) is 7. The lowest BCUT2D eigenvalue weighted by Gasteiger charge is -2.23. The Hall–Kier alpha value is -1.63. The first-order valence-electron chi connectivity index (χ1n) is 5.50. The maximum absolute atomic E-state index is 9.11. The van der Waals surface area contributed by atoms with Gasteiger partial charge in [0.15, 0.2) is 0 Å². The van der Waals surface area contributed by atoms with Crippen LogP contribution < -0.4 is 15.0 Å². The molecule has 0 aromatic carbocycles. The van der Waals surface area contributed by atoms with Gasteiger partial charge in [-0.3, -0.25) is 0 Å². The molecule has 1 aromatic rings. The van der Waals surface area contributed by atoms with Crippen LogP contribution in [0.1, 0.15) is 13.8 Å². The molecular weight excluding hydrogens is 222 g/mol. The van der Waals surface area contributed by atoms with Crippen LogP contribution in [0.4, 0.5) is 11.9 Å². The average Bonchev–Trinajstić information content (AvgIpc) is 2.36. The van der Waals surface area contributed by atoms with Crippen LogP contribution in [0.25, 0.3) is 0 Å². The molecule has 0 saturated heterocycles. The molecule has 0 aliphatic heterocycles. The van der Waals surface area contributed by atoms with E-state index < -0.39 is 0 Å². The molecule has 0 fully saturated rings. The number of anilines is 2. The molecule has 0 radical (unpaired) electrons. The van der Waals surface area contributed by atoms with Gasteiger partial charge in [0, 0.05) is 13.6 Å². The van der Waals surface area contributed by atoms with Crippen LogP contribution in [0, 0.1) is 0 Å². The van der Waals surface area contributed by atoms with Crippen molar-refractivity contribution in [3.05, 3.63) is 0 Å². The van der Waals surface area contributed by atoms with Gasteiger partial charge in [0.1, 0.15) is 0 Å². The zero-order valence-electron chi connectivity index (χ0n) is 10.6. The standard InChI is InChI=1S/C10H19N5O2/c1-5-11-8-12-9(14-10(13-8)17-4)15(3)7(2)6-16/h7,16H,5-6H2,1-4H3,(H,11,12,13,14). The van der Waals surface area contributed by atoms with Crippen molar-refractivity contribution in [2.75, 3.05) is 37.5 Å². The van der Waals surface area contributed by atoms with Gasteiger partial charge < -0.3 is 20.1 Å². The van der Waals surface area contributed by atoms with Gasteiger partial charge in [0.2, 0.25) is 11.9 Å². The Kier molecular flexibility index (Phi) is 4.89. The van der Waals surface area contributed by atoms with Crippen LogP contribution in [0.15, 0.2) is 0 Å². The van der Waals surface area contributed by atoms with Crippen molar-refractivity contribution in [1.82, 2.24) is 15.0 Å². The van der Waals surface area contributed by atoms with E-state index in [0.717, 1.165) is 0 Å². The van der Waals surface area contributed by atoms with Crippen molar-refractivity contribution in [2.45, 2.75) is 19.9 Å². The third-order valence-corrected chi connectivity index (χ3v) is 2.36. The number of nitrogens with one attached hydrogen (secondary N) is 1. The highest BCUT2D eigenvalue weighted by Gasteiger charge is 2.14. The highest BCUT2D eigenvalue weighted by molar-refractivity contribution is 5.38. The minimum absolute atomic E-state index is 0.0288. The van der Waals surface area contributed by atoms with Crippen molar-refractivity contribution in [2.24, 2.45) is 0 Å². The fraction of sp³-hybridized carbons (Fsp3) is 0.700. The quantitative estimate of drug-likeness (QED) is 0.732. The summed E-state index contributed by atoms with van der Waals surface area (Å²) in [5.41, 5.74) is 0. The van der Waals surface area contributed by atoms with Gasteiger partial charge in [-0.1, -0.05) is 0 Å². The van der Waals surface area contributed by atoms with Crippen LogP contribution in [-0.2, 0) is 0 Å². The normalized spacial score (nSPS) is 12.1. The van der Waals surface area contributed by atoms with E-state index in [9.17, 15) is 0 Å². The monoisotopic (exact) mass is 241 g/mol. The van der Waals surface area contributed by atoms with Gasteiger partial charge in [0.25, 0.3) is 0 Å². The number of rotatable bonds is 6. The summed E-state index contributed by atoms with van der Waals surface area (Å²) in [5, 5.41) is 12.1. The summed E-state index contributed by atoms with van der Waals surface area (Å²) in [4.78, 5) is 14.2. The van der Waals surface area contributed by atoms with Crippen LogP contribution >= 0.6 is 0 Å². The Labute approximate surface area is 101 Å². The molecule has 0 amide bonds. The fourth-order valence-electron chi connectivity index (χ4n) is 1.15. The molecule has 0 aliphatic rings. The van der Waals surface area contributed by atoms with Crippen molar-refractivity contribution in [3.63, 3.8) is 0 Å². The largest absolute Gasteiger partial charge is 0.467 e. The van der Waals surface area contributed by atoms with Gasteiger partial charge in [-0.2, -0.15) is 15.0 Å². The number of likely N-dealkylation sites (N-methyl/N-ethyl adjacent to an activating group) is 1. The SMILES string of the molecule is CCNc1nc(OC)nc(N(C)C(C)CO)n1. The summed E-state index contributed by atoms with van der Waals surface area (Å²) in [6.45, 7) is 4.58. The minimum Gasteiger partial charge on any atom is -0.467 e. The van der Waals surface area contributed by atoms with Crippen molar-refractivity contribution >= 4 is 11.9 Å². The summed E-state index contributed by atoms with van der Waals surface area (Å²) in [6.07, 6.45) is 0. The van der Waals surface area contributed by atoms with Gasteiger partial charge in [0.05, 0.1) is 19.8 Å². The summed E-state index contributed by atoms with van der Waals surface area (Å²) in [7, 11) is 3.32. The van der Waals surface area contributed by atoms with Gasteiger partial charge in [-0.25, -0.2) is 0 Å². The third kappa shape index (κ3) is 3.42. The Morgan fingerprint density at radius 2 is 2.12 bits per heavy atom. The molecule has 1 heterocycles. The third-order valence-electron chi connectivity index (χ3n) is 2.36. The van der Waals surface area contributed by atoms with Crippen LogP contribution in [0.3, 0.4) is 0 Å². The summed E-state index contributed by atoms with van der Waals surface area (Å²) >= 11 is 0. The molecule has 17 heavy (non-hydrogen) atoms. The molecule has 0 spiro atoms. The molecule has 0 saturated carbocycles. The first kappa shape index (κ1) is 13.4. The van der Waals surface area contributed by atoms with E-state index in [2.05, 4.69) is 20.3 Å². The molecule has 1 unspecified atom stereocenters. The number of aliphatic hydroxyl groups excluding tert-OH is 1. The summed E-state index contributed by atoms with van der Waals surface area (Å²) < 4.78 is 5.01. The van der Waals surface area contributed by atoms with Crippen molar-refractivity contribution in [1.29, 1.82) is 0 Å². The van der Waals surface area contributed by atoms with E-state index in [-0.39, 0.29) is 18.7 Å². The number of ether oxygens (including phenoxy) is 1. The zero-order valence-corrected chi connectivity index (χ0v) is 10.6. The molecule has 1 aromatic heterocycles. The van der Waals surface area contributed by atoms with Crippen LogP contribution in [-0.4, -0.2) is 53.4 Å². The Balaban J connectivity index is 3.01. The molecule has 1 rings (SSSR count). The molecule has 0 aliphatic carbocycles. The first-order valence-corrected chi connectivity index (χ1v) is 5.50. The van der Waals surface area contributed by atoms with Crippen molar-refractivity contribution < 1.29 is 9.84 Å². The molecule has 2 N–H and O–H groups in total. The second-order valence-corrected chi connectivity index (χ2v) is 3.62. The van der Waals surface area contributed by atoms with Crippen molar-refractivity contribution in [3.8, 4) is 6.01 Å². The highest BCUT2D eigenvalue weighted by Crippen LogP contribution is 2.15. The Morgan fingerprint density at radius 1 is 1.41 bits per heavy atom. The zero-order chi connectivity index (χ0) is 12.8. The first-order chi connectivity index (χ1) is 8.12. The predicted octanol–water partition coefficient (Wildman–Crippen LogP) is 0.129. The van der Waals surface area contributed by atoms with Gasteiger partial charge >= 0.3 is 6.01 Å². The predicted molar refractivity (Wildman–Crippen MR) is 65.5 cm³/mol. The summed E-state index contributed by atoms with van der Waals surface area (Å²) in [6, 6.07) is 0.180. The number of nitrogens with zero attached hydrogens (tertiary/aromatic N) is 4. The van der Waals surface area contributed by atoms with E-state index in [1.165, 1.54) is 7.11 Å². The topological polar surface area (TPSA) is 83.4 Å². The van der Waals surface area contributed by atoms with E-state index >= 15 is 0 Å².